The summed E-state index contributed by atoms with van der Waals surface area (Å²) in [7, 11) is 0. The fourth-order valence-electron chi connectivity index (χ4n) is 9.31. The van der Waals surface area contributed by atoms with Crippen LogP contribution in [0.15, 0.2) is 85.1 Å². The van der Waals surface area contributed by atoms with Crippen molar-refractivity contribution >= 4 is 17.9 Å². The normalized spacial score (nSPS) is 12.6. The number of esters is 3. The Labute approximate surface area is 471 Å². The predicted molar refractivity (Wildman–Crippen MR) is 330 cm³/mol. The van der Waals surface area contributed by atoms with Crippen LogP contribution in [0.25, 0.3) is 0 Å². The zero-order chi connectivity index (χ0) is 55.0. The summed E-state index contributed by atoms with van der Waals surface area (Å²) >= 11 is 0. The minimum absolute atomic E-state index is 0.0756. The van der Waals surface area contributed by atoms with Crippen molar-refractivity contribution in [2.75, 3.05) is 13.2 Å². The van der Waals surface area contributed by atoms with Crippen LogP contribution in [-0.4, -0.2) is 37.2 Å². The van der Waals surface area contributed by atoms with Crippen molar-refractivity contribution in [2.24, 2.45) is 0 Å². The van der Waals surface area contributed by atoms with E-state index in [4.69, 9.17) is 14.2 Å². The van der Waals surface area contributed by atoms with Gasteiger partial charge in [0, 0.05) is 19.3 Å². The van der Waals surface area contributed by atoms with Crippen molar-refractivity contribution in [3.63, 3.8) is 0 Å². The quantitative estimate of drug-likeness (QED) is 0.0261. The molecule has 0 rings (SSSR count). The van der Waals surface area contributed by atoms with Gasteiger partial charge in [-0.3, -0.25) is 14.4 Å². The van der Waals surface area contributed by atoms with Crippen LogP contribution in [0, 0.1) is 0 Å². The summed E-state index contributed by atoms with van der Waals surface area (Å²) in [6.07, 6.45) is 84.6. The van der Waals surface area contributed by atoms with Gasteiger partial charge in [-0.25, -0.2) is 0 Å². The Hall–Kier alpha value is -3.41. The number of hydrogen-bond donors (Lipinski definition) is 0. The molecule has 0 aromatic heterocycles. The number of unbranched alkanes of at least 4 members (excludes halogenated alkanes) is 34. The van der Waals surface area contributed by atoms with E-state index in [0.717, 1.165) is 109 Å². The summed E-state index contributed by atoms with van der Waals surface area (Å²) in [4.78, 5) is 38.2. The Bertz CT molecular complexity index is 1450. The van der Waals surface area contributed by atoms with Gasteiger partial charge < -0.3 is 14.2 Å². The zero-order valence-corrected chi connectivity index (χ0v) is 50.3. The molecule has 0 N–H and O–H groups in total. The van der Waals surface area contributed by atoms with E-state index in [-0.39, 0.29) is 31.1 Å². The van der Waals surface area contributed by atoms with Crippen molar-refractivity contribution in [2.45, 2.75) is 329 Å². The largest absolute Gasteiger partial charge is 0.462 e. The molecule has 0 heterocycles. The van der Waals surface area contributed by atoms with Crippen LogP contribution >= 0.6 is 0 Å². The molecule has 0 saturated heterocycles. The second-order valence-corrected chi connectivity index (χ2v) is 21.7. The highest BCUT2D eigenvalue weighted by Crippen LogP contribution is 2.17. The Balaban J connectivity index is 4.22. The van der Waals surface area contributed by atoms with Crippen LogP contribution in [0.4, 0.5) is 0 Å². The van der Waals surface area contributed by atoms with E-state index >= 15 is 0 Å². The molecule has 438 valence electrons. The molecule has 0 aromatic rings. The molecule has 0 fully saturated rings. The highest BCUT2D eigenvalue weighted by Gasteiger charge is 2.19. The van der Waals surface area contributed by atoms with Crippen molar-refractivity contribution < 1.29 is 28.6 Å². The second kappa shape index (κ2) is 64.1. The summed E-state index contributed by atoms with van der Waals surface area (Å²) in [5, 5.41) is 0. The lowest BCUT2D eigenvalue weighted by atomic mass is 10.0. The van der Waals surface area contributed by atoms with Gasteiger partial charge in [0.25, 0.3) is 0 Å². The van der Waals surface area contributed by atoms with E-state index in [0.29, 0.717) is 19.3 Å². The van der Waals surface area contributed by atoms with E-state index in [2.05, 4.69) is 106 Å². The first-order valence-electron chi connectivity index (χ1n) is 32.6. The number of rotatable bonds is 59. The number of carbonyl (C=O) groups is 3. The Morgan fingerprint density at radius 2 is 0.513 bits per heavy atom. The van der Waals surface area contributed by atoms with Crippen LogP contribution in [0.2, 0.25) is 0 Å². The van der Waals surface area contributed by atoms with Gasteiger partial charge >= 0.3 is 17.9 Å². The van der Waals surface area contributed by atoms with E-state index in [1.807, 2.05) is 0 Å². The lowest BCUT2D eigenvalue weighted by Crippen LogP contribution is -2.30. The Morgan fingerprint density at radius 1 is 0.276 bits per heavy atom. The van der Waals surface area contributed by atoms with Crippen molar-refractivity contribution in [3.8, 4) is 0 Å². The average Bonchev–Trinajstić information content (AvgIpc) is 3.42. The van der Waals surface area contributed by atoms with E-state index in [9.17, 15) is 14.4 Å². The van der Waals surface area contributed by atoms with Gasteiger partial charge in [0.2, 0.25) is 0 Å². The van der Waals surface area contributed by atoms with Gasteiger partial charge in [-0.2, -0.15) is 0 Å². The molecule has 6 nitrogen and oxygen atoms in total. The highest BCUT2D eigenvalue weighted by molar-refractivity contribution is 5.71. The summed E-state index contributed by atoms with van der Waals surface area (Å²) < 4.78 is 16.9. The van der Waals surface area contributed by atoms with Crippen LogP contribution < -0.4 is 0 Å². The fourth-order valence-corrected chi connectivity index (χ4v) is 9.31. The molecule has 1 unspecified atom stereocenters. The third kappa shape index (κ3) is 61.4. The molecule has 0 aliphatic carbocycles. The summed E-state index contributed by atoms with van der Waals surface area (Å²) in [6.45, 7) is 6.54. The summed E-state index contributed by atoms with van der Waals surface area (Å²) in [5.74, 6) is -0.875. The van der Waals surface area contributed by atoms with Crippen LogP contribution in [-0.2, 0) is 28.6 Å². The fraction of sp³-hybridized carbons (Fsp3) is 0.757. The number of allylic oxidation sites excluding steroid dienone is 14. The third-order valence-corrected chi connectivity index (χ3v) is 14.2. The summed E-state index contributed by atoms with van der Waals surface area (Å²) in [6, 6.07) is 0. The van der Waals surface area contributed by atoms with Crippen LogP contribution in [0.5, 0.6) is 0 Å². The van der Waals surface area contributed by atoms with Gasteiger partial charge in [0.15, 0.2) is 6.10 Å². The molecule has 0 aromatic carbocycles. The summed E-state index contributed by atoms with van der Waals surface area (Å²) in [5.41, 5.74) is 0. The van der Waals surface area contributed by atoms with E-state index < -0.39 is 6.10 Å². The minimum Gasteiger partial charge on any atom is -0.462 e. The molecule has 0 radical (unpaired) electrons. The lowest BCUT2D eigenvalue weighted by molar-refractivity contribution is -0.167. The average molecular weight is 1060 g/mol. The van der Waals surface area contributed by atoms with Gasteiger partial charge in [-0.15, -0.1) is 0 Å². The molecule has 0 bridgehead atoms. The Kier molecular flexibility index (Phi) is 61.2. The molecule has 0 aliphatic heterocycles. The number of carbonyl (C=O) groups excluding carboxylic acids is 3. The standard InChI is InChI=1S/C70H122O6/c1-4-7-10-13-16-19-21-23-25-27-29-31-32-33-34-35-36-37-38-39-41-42-44-46-48-51-54-57-60-63-69(72)75-66-67(65-74-68(71)62-59-56-53-50-18-15-12-9-6-3)76-70(73)64-61-58-55-52-49-47-45-43-40-30-28-26-24-22-20-17-14-11-8-5-2/h7,10,16,19,23,25,29,31,33-34,36-37,39,41,67H,4-6,8-9,11-15,17-18,20-22,24,26-28,30,32,35,38,40,42-66H2,1-3H3/b10-7-,19-16-,25-23-,31-29-,34-33-,37-36-,41-39-. The van der Waals surface area contributed by atoms with E-state index in [1.165, 1.54) is 173 Å². The first-order chi connectivity index (χ1) is 37.5. The monoisotopic (exact) mass is 1060 g/mol. The first kappa shape index (κ1) is 72.6. The first-order valence-corrected chi connectivity index (χ1v) is 32.6. The molecule has 0 spiro atoms. The maximum Gasteiger partial charge on any atom is 0.306 e. The maximum atomic E-state index is 12.9. The predicted octanol–water partition coefficient (Wildman–Crippen LogP) is 22.3. The van der Waals surface area contributed by atoms with Crippen LogP contribution in [0.3, 0.4) is 0 Å². The van der Waals surface area contributed by atoms with Crippen molar-refractivity contribution in [1.29, 1.82) is 0 Å². The second-order valence-electron chi connectivity index (χ2n) is 21.7. The lowest BCUT2D eigenvalue weighted by Gasteiger charge is -2.18. The van der Waals surface area contributed by atoms with Crippen LogP contribution in [0.1, 0.15) is 323 Å². The van der Waals surface area contributed by atoms with Gasteiger partial charge in [-0.1, -0.05) is 311 Å². The zero-order valence-electron chi connectivity index (χ0n) is 50.3. The van der Waals surface area contributed by atoms with Gasteiger partial charge in [0.1, 0.15) is 13.2 Å². The Morgan fingerprint density at radius 3 is 0.803 bits per heavy atom. The molecule has 1 atom stereocenters. The molecule has 0 saturated carbocycles. The molecule has 6 heteroatoms. The smallest absolute Gasteiger partial charge is 0.306 e. The van der Waals surface area contributed by atoms with Gasteiger partial charge in [0.05, 0.1) is 0 Å². The third-order valence-electron chi connectivity index (χ3n) is 14.2. The molecular formula is C70H122O6. The van der Waals surface area contributed by atoms with E-state index in [1.54, 1.807) is 0 Å². The van der Waals surface area contributed by atoms with Gasteiger partial charge in [-0.05, 0) is 77.0 Å². The SMILES string of the molecule is CC/C=C\C/C=C\C/C=C\C/C=C\C/C=C\C/C=C\C/C=C\CCCCCCCCCC(=O)OCC(COC(=O)CCCCCCCCCCC)OC(=O)CCCCCCCCCCCCCCCCCCCCCC. The molecular weight excluding hydrogens is 937 g/mol. The molecule has 76 heavy (non-hydrogen) atoms. The topological polar surface area (TPSA) is 78.9 Å². The molecule has 0 aliphatic rings. The molecule has 0 amide bonds. The maximum absolute atomic E-state index is 12.9. The number of hydrogen-bond acceptors (Lipinski definition) is 6. The van der Waals surface area contributed by atoms with Crippen molar-refractivity contribution in [3.05, 3.63) is 85.1 Å². The van der Waals surface area contributed by atoms with Crippen molar-refractivity contribution in [1.82, 2.24) is 0 Å². The highest BCUT2D eigenvalue weighted by atomic mass is 16.6. The minimum atomic E-state index is -0.778. The number of ether oxygens (including phenoxy) is 3.